The number of aliphatic hydroxyl groups is 1. The van der Waals surface area contributed by atoms with Crippen LogP contribution < -0.4 is 19.1 Å². The van der Waals surface area contributed by atoms with Crippen molar-refractivity contribution < 1.29 is 19.3 Å². The van der Waals surface area contributed by atoms with Gasteiger partial charge in [0.15, 0.2) is 17.7 Å². The summed E-state index contributed by atoms with van der Waals surface area (Å²) in [5.41, 5.74) is 0. The molecule has 0 aliphatic carbocycles. The van der Waals surface area contributed by atoms with Gasteiger partial charge in [0.2, 0.25) is 6.79 Å². The van der Waals surface area contributed by atoms with E-state index in [9.17, 15) is 5.11 Å². The lowest BCUT2D eigenvalue weighted by Crippen LogP contribution is -2.39. The molecule has 0 saturated carbocycles. The van der Waals surface area contributed by atoms with Gasteiger partial charge >= 0.3 is 0 Å². The van der Waals surface area contributed by atoms with Gasteiger partial charge in [0.1, 0.15) is 18.2 Å². The van der Waals surface area contributed by atoms with Gasteiger partial charge in [-0.1, -0.05) is 6.07 Å². The molecule has 7 nitrogen and oxygen atoms in total. The molecule has 0 amide bonds. The van der Waals surface area contributed by atoms with Gasteiger partial charge in [-0.05, 0) is 23.6 Å². The van der Waals surface area contributed by atoms with Crippen LogP contribution in [0.4, 0.5) is 5.82 Å². The largest absolute Gasteiger partial charge is 0.489 e. The highest BCUT2D eigenvalue weighted by Gasteiger charge is 2.20. The molecular weight excluding hydrogens is 342 g/mol. The van der Waals surface area contributed by atoms with Gasteiger partial charge in [0.05, 0.1) is 12.7 Å². The molecule has 0 saturated heterocycles. The number of anilines is 1. The van der Waals surface area contributed by atoms with Crippen LogP contribution in [0.2, 0.25) is 0 Å². The van der Waals surface area contributed by atoms with Crippen molar-refractivity contribution in [2.75, 3.05) is 18.3 Å². The summed E-state index contributed by atoms with van der Waals surface area (Å²) in [6.07, 6.45) is 0.815. The molecule has 1 unspecified atom stereocenters. The highest BCUT2D eigenvalue weighted by atomic mass is 32.1. The number of nitrogens with one attached hydrogen (secondary N) is 1. The minimum Gasteiger partial charge on any atom is -0.489 e. The lowest BCUT2D eigenvalue weighted by atomic mass is 10.3. The maximum absolute atomic E-state index is 10.6. The highest BCUT2D eigenvalue weighted by molar-refractivity contribution is 7.09. The third-order valence-corrected chi connectivity index (χ3v) is 4.67. The van der Waals surface area contributed by atoms with Crippen LogP contribution in [-0.2, 0) is 6.54 Å². The fourth-order valence-electron chi connectivity index (χ4n) is 2.56. The van der Waals surface area contributed by atoms with E-state index in [-0.39, 0.29) is 13.4 Å². The average Bonchev–Trinajstić information content (AvgIpc) is 3.39. The molecule has 25 heavy (non-hydrogen) atoms. The summed E-state index contributed by atoms with van der Waals surface area (Å²) in [4.78, 5) is 2.95. The van der Waals surface area contributed by atoms with E-state index in [1.54, 1.807) is 35.7 Å². The molecule has 3 heterocycles. The Labute approximate surface area is 148 Å². The molecule has 1 aromatic carbocycles. The van der Waals surface area contributed by atoms with Crippen molar-refractivity contribution in [3.8, 4) is 17.2 Å². The summed E-state index contributed by atoms with van der Waals surface area (Å²) < 4.78 is 16.3. The van der Waals surface area contributed by atoms with E-state index in [4.69, 9.17) is 14.2 Å². The van der Waals surface area contributed by atoms with Gasteiger partial charge in [-0.2, -0.15) is 5.10 Å². The third kappa shape index (κ3) is 3.54. The van der Waals surface area contributed by atoms with Crippen LogP contribution in [-0.4, -0.2) is 34.9 Å². The lowest BCUT2D eigenvalue weighted by Gasteiger charge is -2.28. The Morgan fingerprint density at radius 3 is 3.00 bits per heavy atom. The average molecular weight is 359 g/mol. The number of aromatic nitrogens is 2. The molecule has 2 aromatic heterocycles. The predicted molar refractivity (Wildman–Crippen MR) is 93.2 cm³/mol. The Bertz CT molecular complexity index is 807. The molecule has 130 valence electrons. The molecule has 0 radical (unpaired) electrons. The SMILES string of the molecule is OC(COc1ccc2c(c1)OCO2)N(Cc1cccs1)c1ccn[nH]1. The van der Waals surface area contributed by atoms with Crippen molar-refractivity contribution >= 4 is 17.2 Å². The van der Waals surface area contributed by atoms with Gasteiger partial charge in [0.25, 0.3) is 0 Å². The van der Waals surface area contributed by atoms with Crippen molar-refractivity contribution in [3.63, 3.8) is 0 Å². The van der Waals surface area contributed by atoms with Crippen molar-refractivity contribution in [1.82, 2.24) is 10.2 Å². The molecule has 2 N–H and O–H groups in total. The number of aromatic amines is 1. The molecule has 4 rings (SSSR count). The Balaban J connectivity index is 1.44. The first-order chi connectivity index (χ1) is 12.3. The van der Waals surface area contributed by atoms with Crippen molar-refractivity contribution in [3.05, 3.63) is 52.9 Å². The van der Waals surface area contributed by atoms with Crippen LogP contribution in [0.1, 0.15) is 4.88 Å². The van der Waals surface area contributed by atoms with E-state index < -0.39 is 6.23 Å². The van der Waals surface area contributed by atoms with E-state index in [0.29, 0.717) is 23.8 Å². The summed E-state index contributed by atoms with van der Waals surface area (Å²) >= 11 is 1.64. The number of aliphatic hydroxyl groups excluding tert-OH is 1. The van der Waals surface area contributed by atoms with Gasteiger partial charge in [-0.3, -0.25) is 5.10 Å². The number of rotatable bonds is 7. The van der Waals surface area contributed by atoms with E-state index in [1.165, 1.54) is 0 Å². The molecule has 0 fully saturated rings. The number of ether oxygens (including phenoxy) is 3. The van der Waals surface area contributed by atoms with Gasteiger partial charge in [-0.25, -0.2) is 0 Å². The fourth-order valence-corrected chi connectivity index (χ4v) is 3.26. The zero-order valence-corrected chi connectivity index (χ0v) is 14.1. The fraction of sp³-hybridized carbons (Fsp3) is 0.235. The summed E-state index contributed by atoms with van der Waals surface area (Å²) in [6.45, 7) is 0.880. The Morgan fingerprint density at radius 1 is 1.28 bits per heavy atom. The topological polar surface area (TPSA) is 79.8 Å². The van der Waals surface area contributed by atoms with Crippen LogP contribution >= 0.6 is 11.3 Å². The molecular formula is C17H17N3O4S. The standard InChI is InChI=1S/C17H17N3O4S/c21-17(10-22-12-3-4-14-15(8-12)24-11-23-14)20(16-5-6-18-19-16)9-13-2-1-7-25-13/h1-8,17,21H,9-11H2,(H,18,19). The molecule has 1 aliphatic rings. The number of hydrogen-bond acceptors (Lipinski definition) is 7. The quantitative estimate of drug-likeness (QED) is 0.631. The monoisotopic (exact) mass is 359 g/mol. The molecule has 0 bridgehead atoms. The van der Waals surface area contributed by atoms with Gasteiger partial charge in [-0.15, -0.1) is 11.3 Å². The summed E-state index contributed by atoms with van der Waals surface area (Å²) in [6, 6.07) is 11.2. The van der Waals surface area contributed by atoms with E-state index in [1.807, 2.05) is 28.5 Å². The zero-order chi connectivity index (χ0) is 17.1. The molecule has 1 atom stereocenters. The number of H-pyrrole nitrogens is 1. The smallest absolute Gasteiger partial charge is 0.231 e. The lowest BCUT2D eigenvalue weighted by molar-refractivity contribution is 0.101. The van der Waals surface area contributed by atoms with Crippen molar-refractivity contribution in [2.45, 2.75) is 12.8 Å². The van der Waals surface area contributed by atoms with Crippen LogP contribution in [0.25, 0.3) is 0 Å². The first-order valence-electron chi connectivity index (χ1n) is 7.78. The summed E-state index contributed by atoms with van der Waals surface area (Å²) in [5, 5.41) is 19.5. The number of nitrogens with zero attached hydrogens (tertiary/aromatic N) is 2. The van der Waals surface area contributed by atoms with Crippen LogP contribution in [0, 0.1) is 0 Å². The number of fused-ring (bicyclic) bond motifs is 1. The van der Waals surface area contributed by atoms with E-state index in [2.05, 4.69) is 10.2 Å². The molecule has 0 spiro atoms. The van der Waals surface area contributed by atoms with E-state index >= 15 is 0 Å². The number of hydrogen-bond donors (Lipinski definition) is 2. The maximum Gasteiger partial charge on any atom is 0.231 e. The van der Waals surface area contributed by atoms with Crippen LogP contribution in [0.15, 0.2) is 48.0 Å². The zero-order valence-electron chi connectivity index (χ0n) is 13.3. The van der Waals surface area contributed by atoms with Crippen LogP contribution in [0.3, 0.4) is 0 Å². The van der Waals surface area contributed by atoms with E-state index in [0.717, 1.165) is 10.7 Å². The summed E-state index contributed by atoms with van der Waals surface area (Å²) in [5.74, 6) is 2.69. The normalized spacial score (nSPS) is 13.6. The Kier molecular flexibility index (Phi) is 4.45. The maximum atomic E-state index is 10.6. The van der Waals surface area contributed by atoms with Gasteiger partial charge in [0, 0.05) is 17.0 Å². The van der Waals surface area contributed by atoms with Gasteiger partial charge < -0.3 is 24.2 Å². The first kappa shape index (κ1) is 15.8. The predicted octanol–water partition coefficient (Wildman–Crippen LogP) is 2.60. The number of benzene rings is 1. The second-order valence-corrected chi connectivity index (χ2v) is 6.49. The first-order valence-corrected chi connectivity index (χ1v) is 8.66. The molecule has 3 aromatic rings. The van der Waals surface area contributed by atoms with Crippen LogP contribution in [0.5, 0.6) is 17.2 Å². The summed E-state index contributed by atoms with van der Waals surface area (Å²) in [7, 11) is 0. The molecule has 8 heteroatoms. The van der Waals surface area contributed by atoms with Crippen molar-refractivity contribution in [1.29, 1.82) is 0 Å². The number of thiophene rings is 1. The Morgan fingerprint density at radius 2 is 2.20 bits per heavy atom. The molecule has 1 aliphatic heterocycles. The second-order valence-electron chi connectivity index (χ2n) is 5.46. The Hall–Kier alpha value is -2.71. The highest BCUT2D eigenvalue weighted by Crippen LogP contribution is 2.35. The minimum atomic E-state index is -0.840. The third-order valence-electron chi connectivity index (χ3n) is 3.80. The van der Waals surface area contributed by atoms with Crippen molar-refractivity contribution in [2.24, 2.45) is 0 Å². The minimum absolute atomic E-state index is 0.101. The second kappa shape index (κ2) is 7.04.